The molecule has 0 aromatic rings. The maximum Gasteiger partial charge on any atom is 0.407 e. The van der Waals surface area contributed by atoms with Crippen LogP contribution in [0.5, 0.6) is 0 Å². The molecule has 2 N–H and O–H groups in total. The molecule has 7 nitrogen and oxygen atoms in total. The number of likely N-dealkylation sites (tertiary alicyclic amines) is 1. The van der Waals surface area contributed by atoms with Gasteiger partial charge in [0.2, 0.25) is 5.91 Å². The molecule has 7 heteroatoms. The molecule has 96 valence electrons. The van der Waals surface area contributed by atoms with Crippen molar-refractivity contribution in [2.75, 3.05) is 27.2 Å². The van der Waals surface area contributed by atoms with Gasteiger partial charge in [-0.05, 0) is 12.8 Å². The lowest BCUT2D eigenvalue weighted by molar-refractivity contribution is -0.163. The summed E-state index contributed by atoms with van der Waals surface area (Å²) in [5.74, 6) is -1.66. The van der Waals surface area contributed by atoms with Gasteiger partial charge in [-0.3, -0.25) is 9.59 Å². The Morgan fingerprint density at radius 1 is 1.12 bits per heavy atom. The highest BCUT2D eigenvalue weighted by Crippen LogP contribution is 2.33. The van der Waals surface area contributed by atoms with E-state index in [1.54, 1.807) is 0 Å². The lowest BCUT2D eigenvalue weighted by atomic mass is 9.77. The molecule has 2 amide bonds. The predicted octanol–water partition coefficient (Wildman–Crippen LogP) is -0.0806. The third-order valence-electron chi connectivity index (χ3n) is 3.11. The van der Waals surface area contributed by atoms with E-state index < -0.39 is 23.4 Å². The summed E-state index contributed by atoms with van der Waals surface area (Å²) < 4.78 is 0. The molecule has 0 spiro atoms. The first-order chi connectivity index (χ1) is 7.81. The molecule has 0 atom stereocenters. The number of hydrogen-bond acceptors (Lipinski definition) is 3. The van der Waals surface area contributed by atoms with Gasteiger partial charge in [-0.25, -0.2) is 4.79 Å². The Morgan fingerprint density at radius 2 is 1.59 bits per heavy atom. The Bertz CT molecular complexity index is 345. The molecule has 0 saturated carbocycles. The van der Waals surface area contributed by atoms with Crippen molar-refractivity contribution in [2.45, 2.75) is 12.8 Å². The van der Waals surface area contributed by atoms with Crippen LogP contribution in [-0.2, 0) is 9.59 Å². The molecule has 0 bridgehead atoms. The molecule has 0 radical (unpaired) electrons. The third-order valence-corrected chi connectivity index (χ3v) is 3.11. The van der Waals surface area contributed by atoms with Crippen molar-refractivity contribution in [3.05, 3.63) is 0 Å². The maximum atomic E-state index is 11.9. The first-order valence-corrected chi connectivity index (χ1v) is 5.24. The zero-order valence-electron chi connectivity index (χ0n) is 9.84. The summed E-state index contributed by atoms with van der Waals surface area (Å²) >= 11 is 0. The van der Waals surface area contributed by atoms with E-state index in [9.17, 15) is 19.5 Å². The highest BCUT2D eigenvalue weighted by Gasteiger charge is 2.49. The first-order valence-electron chi connectivity index (χ1n) is 5.24. The van der Waals surface area contributed by atoms with Crippen molar-refractivity contribution in [3.8, 4) is 0 Å². The number of amides is 2. The van der Waals surface area contributed by atoms with Gasteiger partial charge in [0.15, 0.2) is 0 Å². The number of carboxylic acid groups (broad SMARTS) is 2. The van der Waals surface area contributed by atoms with Crippen molar-refractivity contribution < 1.29 is 24.6 Å². The molecule has 0 aromatic heterocycles. The van der Waals surface area contributed by atoms with E-state index in [1.807, 2.05) is 0 Å². The van der Waals surface area contributed by atoms with Gasteiger partial charge in [-0.2, -0.15) is 0 Å². The maximum absolute atomic E-state index is 11.9. The molecule has 0 aromatic carbocycles. The van der Waals surface area contributed by atoms with Gasteiger partial charge in [-0.15, -0.1) is 0 Å². The number of nitrogens with zero attached hydrogens (tertiary/aromatic N) is 2. The second kappa shape index (κ2) is 4.60. The van der Waals surface area contributed by atoms with Crippen LogP contribution in [0.25, 0.3) is 0 Å². The molecular formula is C10H16N2O5. The Balaban J connectivity index is 2.88. The van der Waals surface area contributed by atoms with E-state index in [1.165, 1.54) is 19.0 Å². The Kier molecular flexibility index (Phi) is 3.59. The van der Waals surface area contributed by atoms with Crippen LogP contribution in [0.15, 0.2) is 0 Å². The van der Waals surface area contributed by atoms with Crippen molar-refractivity contribution in [1.82, 2.24) is 9.80 Å². The van der Waals surface area contributed by atoms with E-state index in [-0.39, 0.29) is 25.9 Å². The Hall–Kier alpha value is -1.79. The molecular weight excluding hydrogens is 228 g/mol. The summed E-state index contributed by atoms with van der Waals surface area (Å²) in [5.41, 5.74) is -1.48. The highest BCUT2D eigenvalue weighted by molar-refractivity contribution is 6.02. The molecule has 1 fully saturated rings. The minimum atomic E-state index is -1.48. The monoisotopic (exact) mass is 244 g/mol. The molecule has 1 rings (SSSR count). The number of carboxylic acids is 1. The smallest absolute Gasteiger partial charge is 0.407 e. The highest BCUT2D eigenvalue weighted by atomic mass is 16.4. The van der Waals surface area contributed by atoms with Crippen LogP contribution >= 0.6 is 0 Å². The standard InChI is InChI=1S/C10H16N2O5/c1-11(2)7(13)10(8(14)15)3-5-12(6-4-10)9(16)17/h3-6H2,1-2H3,(H,14,15)(H,16,17). The third kappa shape index (κ3) is 2.32. The summed E-state index contributed by atoms with van der Waals surface area (Å²) in [6.45, 7) is 0.141. The van der Waals surface area contributed by atoms with Crippen molar-refractivity contribution in [2.24, 2.45) is 5.41 Å². The Morgan fingerprint density at radius 3 is 1.88 bits per heavy atom. The number of carbonyl (C=O) groups excluding carboxylic acids is 1. The Labute approximate surface area is 98.6 Å². The van der Waals surface area contributed by atoms with E-state index in [0.29, 0.717) is 0 Å². The predicted molar refractivity (Wildman–Crippen MR) is 57.6 cm³/mol. The fourth-order valence-electron chi connectivity index (χ4n) is 2.03. The van der Waals surface area contributed by atoms with Crippen LogP contribution in [0.4, 0.5) is 4.79 Å². The molecule has 17 heavy (non-hydrogen) atoms. The molecule has 1 saturated heterocycles. The molecule has 1 heterocycles. The van der Waals surface area contributed by atoms with Crippen LogP contribution in [0.2, 0.25) is 0 Å². The van der Waals surface area contributed by atoms with E-state index in [2.05, 4.69) is 0 Å². The summed E-state index contributed by atoms with van der Waals surface area (Å²) in [4.78, 5) is 36.3. The van der Waals surface area contributed by atoms with E-state index in [4.69, 9.17) is 5.11 Å². The minimum Gasteiger partial charge on any atom is -0.480 e. The van der Waals surface area contributed by atoms with E-state index in [0.717, 1.165) is 4.90 Å². The number of aliphatic carboxylic acids is 1. The average molecular weight is 244 g/mol. The van der Waals surface area contributed by atoms with Crippen LogP contribution in [-0.4, -0.2) is 65.2 Å². The summed E-state index contributed by atoms with van der Waals surface area (Å²) in [5, 5.41) is 18.0. The van der Waals surface area contributed by atoms with Gasteiger partial charge < -0.3 is 20.0 Å². The summed E-state index contributed by atoms with van der Waals surface area (Å²) in [6.07, 6.45) is -1.04. The average Bonchev–Trinajstić information content (AvgIpc) is 2.27. The second-order valence-electron chi connectivity index (χ2n) is 4.36. The first kappa shape index (κ1) is 13.3. The van der Waals surface area contributed by atoms with Gasteiger partial charge in [-0.1, -0.05) is 0 Å². The number of carbonyl (C=O) groups is 3. The van der Waals surface area contributed by atoms with Crippen molar-refractivity contribution in [1.29, 1.82) is 0 Å². The van der Waals surface area contributed by atoms with Gasteiger partial charge >= 0.3 is 12.1 Å². The van der Waals surface area contributed by atoms with Crippen LogP contribution in [0.1, 0.15) is 12.8 Å². The molecule has 1 aliphatic rings. The fraction of sp³-hybridized carbons (Fsp3) is 0.700. The number of hydrogen-bond donors (Lipinski definition) is 2. The van der Waals surface area contributed by atoms with Crippen LogP contribution in [0, 0.1) is 5.41 Å². The SMILES string of the molecule is CN(C)C(=O)C1(C(=O)O)CCN(C(=O)O)CC1. The van der Waals surface area contributed by atoms with Gasteiger partial charge in [0.05, 0.1) is 0 Å². The second-order valence-corrected chi connectivity index (χ2v) is 4.36. The molecule has 1 aliphatic heterocycles. The van der Waals surface area contributed by atoms with Gasteiger partial charge in [0, 0.05) is 27.2 Å². The van der Waals surface area contributed by atoms with Crippen molar-refractivity contribution >= 4 is 18.0 Å². The zero-order chi connectivity index (χ0) is 13.2. The minimum absolute atomic E-state index is 0.0195. The number of rotatable bonds is 2. The number of piperidine rings is 1. The topological polar surface area (TPSA) is 98.2 Å². The summed E-state index contributed by atoms with van der Waals surface area (Å²) in [6, 6.07) is 0. The lowest BCUT2D eigenvalue weighted by Gasteiger charge is -2.37. The zero-order valence-corrected chi connectivity index (χ0v) is 9.84. The van der Waals surface area contributed by atoms with E-state index >= 15 is 0 Å². The summed E-state index contributed by atoms with van der Waals surface area (Å²) in [7, 11) is 2.99. The lowest BCUT2D eigenvalue weighted by Crippen LogP contribution is -2.53. The van der Waals surface area contributed by atoms with Crippen molar-refractivity contribution in [3.63, 3.8) is 0 Å². The quantitative estimate of drug-likeness (QED) is 0.662. The van der Waals surface area contributed by atoms with Gasteiger partial charge in [0.1, 0.15) is 5.41 Å². The van der Waals surface area contributed by atoms with Crippen LogP contribution < -0.4 is 0 Å². The van der Waals surface area contributed by atoms with Crippen LogP contribution in [0.3, 0.4) is 0 Å². The molecule has 0 aliphatic carbocycles. The molecule has 0 unspecified atom stereocenters. The largest absolute Gasteiger partial charge is 0.480 e. The fourth-order valence-corrected chi connectivity index (χ4v) is 2.03. The normalized spacial score (nSPS) is 18.6. The van der Waals surface area contributed by atoms with Gasteiger partial charge in [0.25, 0.3) is 0 Å².